The number of hydrogen-bond acceptors (Lipinski definition) is 4. The van der Waals surface area contributed by atoms with Gasteiger partial charge < -0.3 is 26.0 Å². The third-order valence-electron chi connectivity index (χ3n) is 4.58. The molecule has 1 aliphatic heterocycles. The Hall–Kier alpha value is -2.77. The standard InChI is InChI=1S/C19H29N5O3/c1-21-19(24-9-3-4-15(13-24)10-17(20)25)23-12-18(26)22-11-14-5-7-16(27-2)8-6-14/h5-8,15H,3-4,9-13H2,1-2H3,(H2,20,25)(H,21,23)(H,22,26). The number of hydrogen-bond donors (Lipinski definition) is 3. The first-order valence-corrected chi connectivity index (χ1v) is 9.15. The molecule has 148 valence electrons. The summed E-state index contributed by atoms with van der Waals surface area (Å²) in [5.74, 6) is 1.30. The maximum Gasteiger partial charge on any atom is 0.239 e. The van der Waals surface area contributed by atoms with Crippen LogP contribution in [-0.4, -0.2) is 56.5 Å². The molecule has 0 saturated carbocycles. The molecule has 27 heavy (non-hydrogen) atoms. The van der Waals surface area contributed by atoms with Crippen molar-refractivity contribution in [2.24, 2.45) is 16.6 Å². The fourth-order valence-electron chi connectivity index (χ4n) is 3.21. The number of amides is 2. The Morgan fingerprint density at radius 2 is 2.04 bits per heavy atom. The van der Waals surface area contributed by atoms with Crippen LogP contribution in [0.25, 0.3) is 0 Å². The minimum absolute atomic E-state index is 0.113. The first-order valence-electron chi connectivity index (χ1n) is 9.15. The molecule has 0 radical (unpaired) electrons. The van der Waals surface area contributed by atoms with Gasteiger partial charge in [-0.3, -0.25) is 14.6 Å². The van der Waals surface area contributed by atoms with Crippen molar-refractivity contribution >= 4 is 17.8 Å². The van der Waals surface area contributed by atoms with Crippen LogP contribution in [0.15, 0.2) is 29.3 Å². The van der Waals surface area contributed by atoms with Gasteiger partial charge in [-0.2, -0.15) is 0 Å². The number of piperidine rings is 1. The summed E-state index contributed by atoms with van der Waals surface area (Å²) >= 11 is 0. The second kappa shape index (κ2) is 10.4. The predicted octanol–water partition coefficient (Wildman–Crippen LogP) is 0.474. The molecule has 1 aliphatic rings. The van der Waals surface area contributed by atoms with E-state index in [2.05, 4.69) is 20.5 Å². The summed E-state index contributed by atoms with van der Waals surface area (Å²) in [6.45, 7) is 2.16. The van der Waals surface area contributed by atoms with Crippen molar-refractivity contribution < 1.29 is 14.3 Å². The zero-order valence-electron chi connectivity index (χ0n) is 16.0. The number of carbonyl (C=O) groups is 2. The van der Waals surface area contributed by atoms with Crippen LogP contribution in [0, 0.1) is 5.92 Å². The lowest BCUT2D eigenvalue weighted by molar-refractivity contribution is -0.120. The first-order chi connectivity index (χ1) is 13.0. The van der Waals surface area contributed by atoms with Crippen LogP contribution in [0.2, 0.25) is 0 Å². The Balaban J connectivity index is 1.77. The van der Waals surface area contributed by atoms with Gasteiger partial charge >= 0.3 is 0 Å². The highest BCUT2D eigenvalue weighted by atomic mass is 16.5. The molecular weight excluding hydrogens is 346 g/mol. The average molecular weight is 375 g/mol. The molecule has 4 N–H and O–H groups in total. The molecule has 1 aromatic carbocycles. The minimum Gasteiger partial charge on any atom is -0.497 e. The summed E-state index contributed by atoms with van der Waals surface area (Å²) in [5.41, 5.74) is 6.31. The molecule has 2 amide bonds. The van der Waals surface area contributed by atoms with E-state index in [4.69, 9.17) is 10.5 Å². The first kappa shape index (κ1) is 20.5. The number of carbonyl (C=O) groups excluding carboxylic acids is 2. The van der Waals surface area contributed by atoms with E-state index < -0.39 is 0 Å². The number of aliphatic imine (C=N–C) groups is 1. The highest BCUT2D eigenvalue weighted by Crippen LogP contribution is 2.19. The average Bonchev–Trinajstić information content (AvgIpc) is 2.67. The normalized spacial score (nSPS) is 17.3. The number of rotatable bonds is 7. The van der Waals surface area contributed by atoms with Crippen molar-refractivity contribution in [1.29, 1.82) is 0 Å². The van der Waals surface area contributed by atoms with Crippen LogP contribution in [0.5, 0.6) is 5.75 Å². The molecule has 1 aromatic rings. The molecule has 1 unspecified atom stereocenters. The van der Waals surface area contributed by atoms with Crippen LogP contribution < -0.4 is 21.1 Å². The predicted molar refractivity (Wildman–Crippen MR) is 104 cm³/mol. The molecule has 1 heterocycles. The van der Waals surface area contributed by atoms with Gasteiger partial charge in [-0.1, -0.05) is 12.1 Å². The lowest BCUT2D eigenvalue weighted by Crippen LogP contribution is -2.49. The summed E-state index contributed by atoms with van der Waals surface area (Å²) in [7, 11) is 3.31. The van der Waals surface area contributed by atoms with E-state index in [1.54, 1.807) is 14.2 Å². The number of methoxy groups -OCH3 is 1. The van der Waals surface area contributed by atoms with E-state index >= 15 is 0 Å². The topological polar surface area (TPSA) is 109 Å². The summed E-state index contributed by atoms with van der Waals surface area (Å²) in [6, 6.07) is 7.55. The summed E-state index contributed by atoms with van der Waals surface area (Å²) in [6.07, 6.45) is 2.34. The quantitative estimate of drug-likeness (QED) is 0.474. The highest BCUT2D eigenvalue weighted by molar-refractivity contribution is 5.86. The summed E-state index contributed by atoms with van der Waals surface area (Å²) in [4.78, 5) is 29.6. The molecule has 0 aliphatic carbocycles. The van der Waals surface area contributed by atoms with Crippen molar-refractivity contribution in [3.8, 4) is 5.75 Å². The molecule has 1 fully saturated rings. The number of nitrogens with two attached hydrogens (primary N) is 1. The zero-order valence-corrected chi connectivity index (χ0v) is 16.0. The molecule has 2 rings (SSSR count). The largest absolute Gasteiger partial charge is 0.497 e. The van der Waals surface area contributed by atoms with E-state index in [1.165, 1.54) is 0 Å². The van der Waals surface area contributed by atoms with Crippen LogP contribution in [0.1, 0.15) is 24.8 Å². The Kier molecular flexibility index (Phi) is 7.91. The van der Waals surface area contributed by atoms with Crippen LogP contribution >= 0.6 is 0 Å². The maximum absolute atomic E-state index is 12.1. The van der Waals surface area contributed by atoms with Crippen molar-refractivity contribution in [2.75, 3.05) is 33.8 Å². The van der Waals surface area contributed by atoms with Gasteiger partial charge in [-0.25, -0.2) is 0 Å². The number of likely N-dealkylation sites (tertiary alicyclic amines) is 1. The fourth-order valence-corrected chi connectivity index (χ4v) is 3.21. The van der Waals surface area contributed by atoms with E-state index in [1.807, 2.05) is 24.3 Å². The number of guanidine groups is 1. The Morgan fingerprint density at radius 1 is 1.30 bits per heavy atom. The Labute approximate surface area is 160 Å². The third kappa shape index (κ3) is 6.80. The minimum atomic E-state index is -0.275. The van der Waals surface area contributed by atoms with Crippen molar-refractivity contribution in [1.82, 2.24) is 15.5 Å². The molecule has 0 aromatic heterocycles. The molecule has 0 bridgehead atoms. The maximum atomic E-state index is 12.1. The molecule has 8 heteroatoms. The fraction of sp³-hybridized carbons (Fsp3) is 0.526. The van der Waals surface area contributed by atoms with Crippen LogP contribution in [-0.2, 0) is 16.1 Å². The van der Waals surface area contributed by atoms with Gasteiger partial charge in [-0.15, -0.1) is 0 Å². The Morgan fingerprint density at radius 3 is 2.67 bits per heavy atom. The summed E-state index contributed by atoms with van der Waals surface area (Å²) < 4.78 is 5.12. The SMILES string of the molecule is CN=C(NCC(=O)NCc1ccc(OC)cc1)N1CCCC(CC(N)=O)C1. The number of primary amides is 1. The van der Waals surface area contributed by atoms with Gasteiger partial charge in [0.15, 0.2) is 5.96 Å². The van der Waals surface area contributed by atoms with Gasteiger partial charge in [0.1, 0.15) is 5.75 Å². The second-order valence-corrected chi connectivity index (χ2v) is 6.65. The lowest BCUT2D eigenvalue weighted by Gasteiger charge is -2.34. The van der Waals surface area contributed by atoms with Crippen LogP contribution in [0.3, 0.4) is 0 Å². The van der Waals surface area contributed by atoms with Gasteiger partial charge in [0.2, 0.25) is 11.8 Å². The lowest BCUT2D eigenvalue weighted by atomic mass is 9.95. The number of nitrogens with one attached hydrogen (secondary N) is 2. The molecule has 1 atom stereocenters. The molecule has 8 nitrogen and oxygen atoms in total. The van der Waals surface area contributed by atoms with Gasteiger partial charge in [0.25, 0.3) is 0 Å². The molecular formula is C19H29N5O3. The van der Waals surface area contributed by atoms with Gasteiger partial charge in [0.05, 0.1) is 13.7 Å². The number of nitrogens with zero attached hydrogens (tertiary/aromatic N) is 2. The molecule has 0 spiro atoms. The van der Waals surface area contributed by atoms with E-state index in [0.717, 1.165) is 37.2 Å². The van der Waals surface area contributed by atoms with Crippen molar-refractivity contribution in [3.63, 3.8) is 0 Å². The number of ether oxygens (including phenoxy) is 1. The number of benzene rings is 1. The molecule has 1 saturated heterocycles. The van der Waals surface area contributed by atoms with Crippen LogP contribution in [0.4, 0.5) is 0 Å². The van der Waals surface area contributed by atoms with Crippen molar-refractivity contribution in [2.45, 2.75) is 25.8 Å². The van der Waals surface area contributed by atoms with Crippen molar-refractivity contribution in [3.05, 3.63) is 29.8 Å². The smallest absolute Gasteiger partial charge is 0.239 e. The van der Waals surface area contributed by atoms with E-state index in [0.29, 0.717) is 18.9 Å². The second-order valence-electron chi connectivity index (χ2n) is 6.65. The van der Waals surface area contributed by atoms with Gasteiger partial charge in [-0.05, 0) is 36.5 Å². The highest BCUT2D eigenvalue weighted by Gasteiger charge is 2.23. The van der Waals surface area contributed by atoms with Gasteiger partial charge in [0, 0.05) is 33.1 Å². The monoisotopic (exact) mass is 375 g/mol. The van der Waals surface area contributed by atoms with E-state index in [-0.39, 0.29) is 24.3 Å². The Bertz CT molecular complexity index is 660. The zero-order chi connectivity index (χ0) is 19.6. The third-order valence-corrected chi connectivity index (χ3v) is 4.58. The summed E-state index contributed by atoms with van der Waals surface area (Å²) in [5, 5.41) is 5.97. The van der Waals surface area contributed by atoms with E-state index in [9.17, 15) is 9.59 Å².